The predicted octanol–water partition coefficient (Wildman–Crippen LogP) is 4.54. The van der Waals surface area contributed by atoms with Crippen LogP contribution < -0.4 is 15.4 Å². The molecule has 2 rings (SSSR count). The molecule has 29 heavy (non-hydrogen) atoms. The number of alkyl halides is 3. The van der Waals surface area contributed by atoms with Gasteiger partial charge in [-0.15, -0.1) is 35.7 Å². The first-order chi connectivity index (χ1) is 13.3. The van der Waals surface area contributed by atoms with Gasteiger partial charge in [0.15, 0.2) is 12.6 Å². The van der Waals surface area contributed by atoms with Crippen LogP contribution in [0.15, 0.2) is 46.4 Å². The van der Waals surface area contributed by atoms with Crippen molar-refractivity contribution in [1.82, 2.24) is 15.6 Å². The number of benzene rings is 1. The van der Waals surface area contributed by atoms with Crippen LogP contribution in [0, 0.1) is 6.92 Å². The van der Waals surface area contributed by atoms with Crippen molar-refractivity contribution in [3.8, 4) is 5.88 Å². The van der Waals surface area contributed by atoms with Crippen LogP contribution >= 0.6 is 35.7 Å². The van der Waals surface area contributed by atoms with E-state index in [9.17, 15) is 13.2 Å². The second-order valence-electron chi connectivity index (χ2n) is 6.00. The lowest BCUT2D eigenvalue weighted by molar-refractivity contribution is -0.154. The summed E-state index contributed by atoms with van der Waals surface area (Å²) >= 11 is 1.69. The predicted molar refractivity (Wildman–Crippen MR) is 121 cm³/mol. The van der Waals surface area contributed by atoms with Crippen LogP contribution in [0.25, 0.3) is 0 Å². The first-order valence-corrected chi connectivity index (χ1v) is 9.75. The number of guanidine groups is 1. The number of hydrogen-bond acceptors (Lipinski definition) is 4. The van der Waals surface area contributed by atoms with E-state index >= 15 is 0 Å². The first kappa shape index (κ1) is 25.3. The molecule has 2 aromatic rings. The molecule has 0 aliphatic rings. The van der Waals surface area contributed by atoms with E-state index in [1.807, 2.05) is 6.26 Å². The molecule has 0 spiro atoms. The van der Waals surface area contributed by atoms with Crippen LogP contribution in [0.1, 0.15) is 16.7 Å². The van der Waals surface area contributed by atoms with Crippen molar-refractivity contribution in [3.63, 3.8) is 0 Å². The molecule has 1 aromatic carbocycles. The van der Waals surface area contributed by atoms with Gasteiger partial charge < -0.3 is 15.4 Å². The zero-order valence-corrected chi connectivity index (χ0v) is 19.5. The molecule has 0 atom stereocenters. The standard InChI is InChI=1S/C19H23F3N4OS.HI/c1-13-4-5-15(16(8-13)28-3)11-26-18(23-2)25-10-14-6-7-24-17(9-14)27-12-19(20,21)22;/h4-9H,10-12H2,1-3H3,(H2,23,25,26);1H. The topological polar surface area (TPSA) is 58.5 Å². The van der Waals surface area contributed by atoms with Crippen molar-refractivity contribution in [2.45, 2.75) is 31.1 Å². The molecule has 0 unspecified atom stereocenters. The maximum atomic E-state index is 12.3. The Balaban J connectivity index is 0.00000420. The van der Waals surface area contributed by atoms with E-state index in [0.717, 1.165) is 11.1 Å². The summed E-state index contributed by atoms with van der Waals surface area (Å²) in [7, 11) is 1.66. The molecule has 0 saturated carbocycles. The summed E-state index contributed by atoms with van der Waals surface area (Å²) in [6, 6.07) is 9.45. The van der Waals surface area contributed by atoms with Crippen LogP contribution in [-0.4, -0.2) is 37.0 Å². The summed E-state index contributed by atoms with van der Waals surface area (Å²) in [6.07, 6.45) is -0.948. The molecule has 10 heteroatoms. The number of aliphatic imine (C=N–C) groups is 1. The lowest BCUT2D eigenvalue weighted by atomic mass is 10.1. The van der Waals surface area contributed by atoms with Gasteiger partial charge in [-0.25, -0.2) is 4.98 Å². The van der Waals surface area contributed by atoms with Crippen molar-refractivity contribution in [3.05, 3.63) is 53.2 Å². The van der Waals surface area contributed by atoms with Gasteiger partial charge in [0.1, 0.15) is 0 Å². The van der Waals surface area contributed by atoms with E-state index < -0.39 is 12.8 Å². The lowest BCUT2D eigenvalue weighted by Gasteiger charge is -2.14. The highest BCUT2D eigenvalue weighted by Gasteiger charge is 2.28. The highest BCUT2D eigenvalue weighted by Crippen LogP contribution is 2.21. The molecule has 0 aliphatic heterocycles. The number of aromatic nitrogens is 1. The van der Waals surface area contributed by atoms with Gasteiger partial charge in [-0.05, 0) is 42.0 Å². The minimum atomic E-state index is -4.40. The third-order valence-corrected chi connectivity index (χ3v) is 4.58. The zero-order valence-electron chi connectivity index (χ0n) is 16.3. The zero-order chi connectivity index (χ0) is 20.6. The van der Waals surface area contributed by atoms with Crippen molar-refractivity contribution in [2.24, 2.45) is 4.99 Å². The Morgan fingerprint density at radius 2 is 1.90 bits per heavy atom. The molecule has 0 bridgehead atoms. The fourth-order valence-electron chi connectivity index (χ4n) is 2.38. The monoisotopic (exact) mass is 540 g/mol. The summed E-state index contributed by atoms with van der Waals surface area (Å²) in [6.45, 7) is 1.66. The van der Waals surface area contributed by atoms with Crippen molar-refractivity contribution in [2.75, 3.05) is 19.9 Å². The molecule has 1 aromatic heterocycles. The molecular formula is C19H24F3IN4OS. The molecule has 0 aliphatic carbocycles. The Labute approximate surface area is 189 Å². The van der Waals surface area contributed by atoms with E-state index in [-0.39, 0.29) is 29.9 Å². The number of ether oxygens (including phenoxy) is 1. The van der Waals surface area contributed by atoms with E-state index in [4.69, 9.17) is 0 Å². The first-order valence-electron chi connectivity index (χ1n) is 8.53. The Morgan fingerprint density at radius 3 is 2.55 bits per heavy atom. The van der Waals surface area contributed by atoms with Gasteiger partial charge >= 0.3 is 6.18 Å². The number of thioether (sulfide) groups is 1. The Morgan fingerprint density at radius 1 is 1.17 bits per heavy atom. The molecule has 1 heterocycles. The van der Waals surface area contributed by atoms with Gasteiger partial charge in [0.2, 0.25) is 5.88 Å². The van der Waals surface area contributed by atoms with Crippen LogP contribution in [0.3, 0.4) is 0 Å². The van der Waals surface area contributed by atoms with E-state index in [1.165, 1.54) is 22.7 Å². The second-order valence-corrected chi connectivity index (χ2v) is 6.85. The van der Waals surface area contributed by atoms with Crippen LogP contribution in [-0.2, 0) is 13.1 Å². The number of pyridine rings is 1. The minimum absolute atomic E-state index is 0. The number of rotatable bonds is 7. The maximum Gasteiger partial charge on any atom is 0.422 e. The number of nitrogens with one attached hydrogen (secondary N) is 2. The maximum absolute atomic E-state index is 12.3. The van der Waals surface area contributed by atoms with Crippen LogP contribution in [0.5, 0.6) is 5.88 Å². The smallest absolute Gasteiger partial charge is 0.422 e. The number of nitrogens with zero attached hydrogens (tertiary/aromatic N) is 2. The lowest BCUT2D eigenvalue weighted by Crippen LogP contribution is -2.36. The van der Waals surface area contributed by atoms with Crippen LogP contribution in [0.4, 0.5) is 13.2 Å². The quantitative estimate of drug-likeness (QED) is 0.234. The fraction of sp³-hybridized carbons (Fsp3) is 0.368. The average Bonchev–Trinajstić information content (AvgIpc) is 2.67. The van der Waals surface area contributed by atoms with Gasteiger partial charge in [-0.1, -0.05) is 12.1 Å². The van der Waals surface area contributed by atoms with Crippen LogP contribution in [0.2, 0.25) is 0 Å². The highest BCUT2D eigenvalue weighted by atomic mass is 127. The van der Waals surface area contributed by atoms with Gasteiger partial charge in [-0.3, -0.25) is 4.99 Å². The summed E-state index contributed by atoms with van der Waals surface area (Å²) < 4.78 is 41.4. The van der Waals surface area contributed by atoms with Gasteiger partial charge in [-0.2, -0.15) is 13.2 Å². The molecule has 0 fully saturated rings. The van der Waals surface area contributed by atoms with E-state index in [0.29, 0.717) is 19.0 Å². The summed E-state index contributed by atoms with van der Waals surface area (Å²) in [5, 5.41) is 6.37. The summed E-state index contributed by atoms with van der Waals surface area (Å²) in [4.78, 5) is 9.17. The second kappa shape index (κ2) is 12.1. The Bertz CT molecular complexity index is 818. The molecule has 0 saturated heterocycles. The minimum Gasteiger partial charge on any atom is -0.468 e. The molecule has 160 valence electrons. The Kier molecular flexibility index (Phi) is 10.6. The summed E-state index contributed by atoms with van der Waals surface area (Å²) in [5.41, 5.74) is 3.10. The largest absolute Gasteiger partial charge is 0.468 e. The third kappa shape index (κ3) is 9.11. The van der Waals surface area contributed by atoms with E-state index in [1.54, 1.807) is 24.9 Å². The molecule has 5 nitrogen and oxygen atoms in total. The van der Waals surface area contributed by atoms with Gasteiger partial charge in [0.25, 0.3) is 0 Å². The normalized spacial score (nSPS) is 11.6. The number of hydrogen-bond donors (Lipinski definition) is 2. The average molecular weight is 540 g/mol. The van der Waals surface area contributed by atoms with Gasteiger partial charge in [0.05, 0.1) is 0 Å². The van der Waals surface area contributed by atoms with Gasteiger partial charge in [0, 0.05) is 37.3 Å². The summed E-state index contributed by atoms with van der Waals surface area (Å²) in [5.74, 6) is 0.519. The fourth-order valence-corrected chi connectivity index (χ4v) is 3.08. The molecule has 0 amide bonds. The molecule has 2 N–H and O–H groups in total. The van der Waals surface area contributed by atoms with Crippen molar-refractivity contribution >= 4 is 41.7 Å². The number of halogens is 4. The SMILES string of the molecule is CN=C(NCc1ccnc(OCC(F)(F)F)c1)NCc1ccc(C)cc1SC.I. The van der Waals surface area contributed by atoms with E-state index in [2.05, 4.69) is 50.5 Å². The van der Waals surface area contributed by atoms with Crippen molar-refractivity contribution in [1.29, 1.82) is 0 Å². The Hall–Kier alpha value is -1.69. The molecular weight excluding hydrogens is 516 g/mol. The molecule has 0 radical (unpaired) electrons. The number of aryl methyl sites for hydroxylation is 1. The van der Waals surface area contributed by atoms with Crippen molar-refractivity contribution < 1.29 is 17.9 Å². The third-order valence-electron chi connectivity index (χ3n) is 3.76. The highest BCUT2D eigenvalue weighted by molar-refractivity contribution is 14.0.